The Morgan fingerprint density at radius 1 is 1.08 bits per heavy atom. The number of halogens is 2. The van der Waals surface area contributed by atoms with Gasteiger partial charge >= 0.3 is 5.97 Å². The topological polar surface area (TPSA) is 67.4 Å². The van der Waals surface area contributed by atoms with Crippen LogP contribution >= 0.6 is 23.2 Å². The fourth-order valence-electron chi connectivity index (χ4n) is 2.04. The van der Waals surface area contributed by atoms with E-state index in [1.54, 1.807) is 45.9 Å². The van der Waals surface area contributed by atoms with Crippen LogP contribution in [0.15, 0.2) is 18.2 Å². The molecule has 5 nitrogen and oxygen atoms in total. The van der Waals surface area contributed by atoms with E-state index in [9.17, 15) is 9.59 Å². The highest BCUT2D eigenvalue weighted by molar-refractivity contribution is 6.42. The molecule has 2 atom stereocenters. The van der Waals surface area contributed by atoms with Gasteiger partial charge in [-0.25, -0.2) is 4.79 Å². The Morgan fingerprint density at radius 2 is 1.68 bits per heavy atom. The average molecular weight is 389 g/mol. The van der Waals surface area contributed by atoms with Crippen LogP contribution in [0.1, 0.15) is 41.5 Å². The van der Waals surface area contributed by atoms with Gasteiger partial charge in [-0.1, -0.05) is 37.0 Å². The van der Waals surface area contributed by atoms with Crippen molar-refractivity contribution in [2.45, 2.75) is 59.2 Å². The van der Waals surface area contributed by atoms with Crippen molar-refractivity contribution >= 4 is 40.8 Å². The van der Waals surface area contributed by atoms with Crippen molar-refractivity contribution in [3.8, 4) is 0 Å². The Balaban J connectivity index is 2.75. The van der Waals surface area contributed by atoms with Gasteiger partial charge in [-0.05, 0) is 51.8 Å². The van der Waals surface area contributed by atoms with Gasteiger partial charge in [-0.15, -0.1) is 0 Å². The number of benzene rings is 1. The number of carbonyl (C=O) groups is 2. The normalized spacial score (nSPS) is 14.0. The number of nitrogens with one attached hydrogen (secondary N) is 2. The number of ether oxygens (including phenoxy) is 1. The lowest BCUT2D eigenvalue weighted by atomic mass is 10.0. The summed E-state index contributed by atoms with van der Waals surface area (Å²) in [7, 11) is 0. The lowest BCUT2D eigenvalue weighted by Crippen LogP contribution is -2.51. The van der Waals surface area contributed by atoms with Gasteiger partial charge in [0.05, 0.1) is 10.0 Å². The standard InChI is InChI=1S/C18H26Cl2N2O3/c1-10(2)15(17(24)25-18(4,5)6)22-16(23)11(3)21-12-7-8-13(19)14(20)9-12/h7-11,15,21H,1-6H3,(H,22,23)/t11?,15-/m0/s1. The Kier molecular flexibility index (Phi) is 7.57. The first-order valence-corrected chi connectivity index (χ1v) is 8.91. The number of anilines is 1. The summed E-state index contributed by atoms with van der Waals surface area (Å²) in [5.74, 6) is -0.857. The molecule has 140 valence electrons. The zero-order chi connectivity index (χ0) is 19.4. The zero-order valence-electron chi connectivity index (χ0n) is 15.4. The number of hydrogen-bond acceptors (Lipinski definition) is 4. The van der Waals surface area contributed by atoms with E-state index in [1.165, 1.54) is 0 Å². The summed E-state index contributed by atoms with van der Waals surface area (Å²) in [6.45, 7) is 10.8. The van der Waals surface area contributed by atoms with Gasteiger partial charge in [0, 0.05) is 5.69 Å². The maximum absolute atomic E-state index is 12.4. The molecule has 7 heteroatoms. The van der Waals surface area contributed by atoms with Crippen LogP contribution in [-0.4, -0.2) is 29.6 Å². The summed E-state index contributed by atoms with van der Waals surface area (Å²) in [5.41, 5.74) is 0.0502. The molecule has 0 aliphatic carbocycles. The van der Waals surface area contributed by atoms with Crippen molar-refractivity contribution in [2.75, 3.05) is 5.32 Å². The second-order valence-electron chi connectivity index (χ2n) is 7.26. The average Bonchev–Trinajstić information content (AvgIpc) is 2.45. The summed E-state index contributed by atoms with van der Waals surface area (Å²) in [6, 6.07) is 3.73. The van der Waals surface area contributed by atoms with Crippen molar-refractivity contribution in [2.24, 2.45) is 5.92 Å². The van der Waals surface area contributed by atoms with Crippen LogP contribution in [0.2, 0.25) is 10.0 Å². The molecule has 1 amide bonds. The SMILES string of the molecule is CC(Nc1ccc(Cl)c(Cl)c1)C(=O)N[C@H](C(=O)OC(C)(C)C)C(C)C. The molecule has 2 N–H and O–H groups in total. The molecule has 0 radical (unpaired) electrons. The third-order valence-electron chi connectivity index (χ3n) is 3.32. The van der Waals surface area contributed by atoms with E-state index < -0.39 is 23.7 Å². The molecule has 0 heterocycles. The third kappa shape index (κ3) is 7.12. The lowest BCUT2D eigenvalue weighted by molar-refractivity contribution is -0.160. The Hall–Kier alpha value is -1.46. The minimum absolute atomic E-state index is 0.101. The van der Waals surface area contributed by atoms with E-state index in [0.717, 1.165) is 0 Å². The largest absolute Gasteiger partial charge is 0.458 e. The highest BCUT2D eigenvalue weighted by Gasteiger charge is 2.30. The molecule has 1 aromatic rings. The fourth-order valence-corrected chi connectivity index (χ4v) is 2.34. The van der Waals surface area contributed by atoms with Gasteiger partial charge in [0.2, 0.25) is 5.91 Å². The number of amides is 1. The predicted octanol–water partition coefficient (Wildman–Crippen LogP) is 4.28. The molecule has 0 aliphatic rings. The van der Waals surface area contributed by atoms with Gasteiger partial charge < -0.3 is 15.4 Å². The van der Waals surface area contributed by atoms with Crippen LogP contribution in [0.3, 0.4) is 0 Å². The molecule has 0 aliphatic heterocycles. The van der Waals surface area contributed by atoms with Gasteiger partial charge in [0.15, 0.2) is 0 Å². The van der Waals surface area contributed by atoms with Crippen molar-refractivity contribution < 1.29 is 14.3 Å². The smallest absolute Gasteiger partial charge is 0.329 e. The maximum atomic E-state index is 12.4. The quantitative estimate of drug-likeness (QED) is 0.713. The molecule has 0 saturated carbocycles. The third-order valence-corrected chi connectivity index (χ3v) is 4.06. The fraction of sp³-hybridized carbons (Fsp3) is 0.556. The van der Waals surface area contributed by atoms with Gasteiger partial charge in [0.25, 0.3) is 0 Å². The lowest BCUT2D eigenvalue weighted by Gasteiger charge is -2.27. The minimum atomic E-state index is -0.718. The van der Waals surface area contributed by atoms with Crippen molar-refractivity contribution in [1.82, 2.24) is 5.32 Å². The summed E-state index contributed by atoms with van der Waals surface area (Å²) >= 11 is 11.9. The number of esters is 1. The summed E-state index contributed by atoms with van der Waals surface area (Å²) in [6.07, 6.45) is 0. The van der Waals surface area contributed by atoms with Crippen LogP contribution in [0.4, 0.5) is 5.69 Å². The van der Waals surface area contributed by atoms with Crippen LogP contribution in [-0.2, 0) is 14.3 Å². The van der Waals surface area contributed by atoms with E-state index >= 15 is 0 Å². The molecule has 0 spiro atoms. The molecule has 0 bridgehead atoms. The number of rotatable bonds is 6. The van der Waals surface area contributed by atoms with Gasteiger partial charge in [0.1, 0.15) is 17.7 Å². The second kappa shape index (κ2) is 8.77. The highest BCUT2D eigenvalue weighted by atomic mass is 35.5. The van der Waals surface area contributed by atoms with E-state index in [4.69, 9.17) is 27.9 Å². The maximum Gasteiger partial charge on any atom is 0.329 e. The molecule has 0 saturated heterocycles. The molecule has 1 rings (SSSR count). The molecule has 1 aromatic carbocycles. The van der Waals surface area contributed by atoms with E-state index in [0.29, 0.717) is 15.7 Å². The first-order valence-electron chi connectivity index (χ1n) is 8.15. The van der Waals surface area contributed by atoms with E-state index in [1.807, 2.05) is 13.8 Å². The second-order valence-corrected chi connectivity index (χ2v) is 8.07. The van der Waals surface area contributed by atoms with Crippen LogP contribution < -0.4 is 10.6 Å². The van der Waals surface area contributed by atoms with E-state index in [2.05, 4.69) is 10.6 Å². The Bertz CT molecular complexity index is 627. The van der Waals surface area contributed by atoms with Crippen molar-refractivity contribution in [3.63, 3.8) is 0 Å². The summed E-state index contributed by atoms with van der Waals surface area (Å²) < 4.78 is 5.38. The van der Waals surface area contributed by atoms with Crippen molar-refractivity contribution in [3.05, 3.63) is 28.2 Å². The Morgan fingerprint density at radius 3 is 2.16 bits per heavy atom. The van der Waals surface area contributed by atoms with Crippen LogP contribution in [0.5, 0.6) is 0 Å². The first-order chi connectivity index (χ1) is 11.4. The monoisotopic (exact) mass is 388 g/mol. The predicted molar refractivity (Wildman–Crippen MR) is 102 cm³/mol. The van der Waals surface area contributed by atoms with E-state index in [-0.39, 0.29) is 11.8 Å². The number of hydrogen-bond donors (Lipinski definition) is 2. The summed E-state index contributed by atoms with van der Waals surface area (Å²) in [4.78, 5) is 24.8. The van der Waals surface area contributed by atoms with Crippen molar-refractivity contribution in [1.29, 1.82) is 0 Å². The molecule has 25 heavy (non-hydrogen) atoms. The molecular formula is C18H26Cl2N2O3. The minimum Gasteiger partial charge on any atom is -0.458 e. The molecule has 0 aromatic heterocycles. The van der Waals surface area contributed by atoms with Gasteiger partial charge in [-0.3, -0.25) is 4.79 Å². The van der Waals surface area contributed by atoms with Crippen LogP contribution in [0.25, 0.3) is 0 Å². The zero-order valence-corrected chi connectivity index (χ0v) is 17.0. The van der Waals surface area contributed by atoms with Gasteiger partial charge in [-0.2, -0.15) is 0 Å². The Labute approximate surface area is 159 Å². The number of carbonyl (C=O) groups excluding carboxylic acids is 2. The molecule has 0 fully saturated rings. The highest BCUT2D eigenvalue weighted by Crippen LogP contribution is 2.25. The summed E-state index contributed by atoms with van der Waals surface area (Å²) in [5, 5.41) is 6.62. The molecular weight excluding hydrogens is 363 g/mol. The molecule has 1 unspecified atom stereocenters. The first kappa shape index (κ1) is 21.6. The van der Waals surface area contributed by atoms with Crippen LogP contribution in [0, 0.1) is 5.92 Å².